The molecular weight excluding hydrogens is 233 g/mol. The van der Waals surface area contributed by atoms with Crippen molar-refractivity contribution in [2.45, 2.75) is 58.4 Å². The van der Waals surface area contributed by atoms with Gasteiger partial charge in [0.1, 0.15) is 6.17 Å². The van der Waals surface area contributed by atoms with Crippen LogP contribution in [0.25, 0.3) is 0 Å². The Morgan fingerprint density at radius 3 is 2.22 bits per heavy atom. The zero-order valence-electron chi connectivity index (χ0n) is 12.8. The molecule has 2 saturated heterocycles. The van der Waals surface area contributed by atoms with Gasteiger partial charge in [0.25, 0.3) is 0 Å². The fourth-order valence-electron chi connectivity index (χ4n) is 2.89. The molecule has 4 heteroatoms. The summed E-state index contributed by atoms with van der Waals surface area (Å²) in [4.78, 5) is 2.19. The molecule has 0 aromatic carbocycles. The lowest BCUT2D eigenvalue weighted by atomic mass is 9.94. The van der Waals surface area contributed by atoms with Gasteiger partial charge in [-0.2, -0.15) is 0 Å². The Labute approximate surface area is 112 Å². The van der Waals surface area contributed by atoms with Crippen molar-refractivity contribution in [2.24, 2.45) is 0 Å². The van der Waals surface area contributed by atoms with Gasteiger partial charge in [-0.3, -0.25) is 4.90 Å². The van der Waals surface area contributed by atoms with Gasteiger partial charge in [-0.1, -0.05) is 27.7 Å². The molecule has 0 aromatic rings. The van der Waals surface area contributed by atoms with Gasteiger partial charge in [0.15, 0.2) is 0 Å². The molecule has 0 bridgehead atoms. The van der Waals surface area contributed by atoms with E-state index in [1.807, 2.05) is 27.7 Å². The van der Waals surface area contributed by atoms with E-state index in [2.05, 4.69) is 4.90 Å². The average molecular weight is 263 g/mol. The number of rotatable bonds is 3. The fraction of sp³-hybridized carbons (Fsp3) is 1.00. The summed E-state index contributed by atoms with van der Waals surface area (Å²) in [5.74, 6) is 0. The van der Waals surface area contributed by atoms with Crippen molar-refractivity contribution in [3.8, 4) is 0 Å². The molecule has 3 unspecified atom stereocenters. The van der Waals surface area contributed by atoms with Crippen molar-refractivity contribution in [2.75, 3.05) is 33.9 Å². The molecule has 2 fully saturated rings. The summed E-state index contributed by atoms with van der Waals surface area (Å²) in [6.07, 6.45) is 1.05. The van der Waals surface area contributed by atoms with Crippen LogP contribution in [0.2, 0.25) is 0 Å². The van der Waals surface area contributed by atoms with Crippen LogP contribution in [0, 0.1) is 0 Å². The summed E-state index contributed by atoms with van der Waals surface area (Å²) in [6.45, 7) is 10.0. The third kappa shape index (κ3) is 3.90. The van der Waals surface area contributed by atoms with Crippen molar-refractivity contribution >= 4 is 0 Å². The van der Waals surface area contributed by atoms with Crippen molar-refractivity contribution < 1.29 is 13.9 Å². The number of ether oxygens (including phenoxy) is 2. The second-order valence-corrected chi connectivity index (χ2v) is 4.43. The van der Waals surface area contributed by atoms with Gasteiger partial charge in [0.05, 0.1) is 12.7 Å². The molecule has 110 valence electrons. The maximum absolute atomic E-state index is 13.3. The Kier molecular flexibility index (Phi) is 8.74. The van der Waals surface area contributed by atoms with Gasteiger partial charge in [-0.15, -0.1) is 0 Å². The monoisotopic (exact) mass is 263 g/mol. The van der Waals surface area contributed by atoms with Crippen LogP contribution in [0.15, 0.2) is 0 Å². The van der Waals surface area contributed by atoms with Crippen LogP contribution >= 0.6 is 0 Å². The molecule has 0 radical (unpaired) electrons. The Balaban J connectivity index is 0.000000659. The van der Waals surface area contributed by atoms with Gasteiger partial charge in [-0.25, -0.2) is 4.39 Å². The minimum absolute atomic E-state index is 0.0884. The number of hydrogen-bond donors (Lipinski definition) is 0. The second-order valence-electron chi connectivity index (χ2n) is 4.43. The fourth-order valence-corrected chi connectivity index (χ4v) is 2.89. The molecule has 2 rings (SSSR count). The van der Waals surface area contributed by atoms with Gasteiger partial charge in [-0.05, 0) is 6.42 Å². The highest BCUT2D eigenvalue weighted by molar-refractivity contribution is 5.06. The largest absolute Gasteiger partial charge is 0.383 e. The third-order valence-corrected chi connectivity index (χ3v) is 3.47. The summed E-state index contributed by atoms with van der Waals surface area (Å²) < 4.78 is 23.8. The smallest absolute Gasteiger partial charge is 0.115 e. The first kappa shape index (κ1) is 17.8. The molecule has 0 saturated carbocycles. The first-order valence-electron chi connectivity index (χ1n) is 7.11. The predicted molar refractivity (Wildman–Crippen MR) is 73.8 cm³/mol. The number of methoxy groups -OCH3 is 2. The average Bonchev–Trinajstić information content (AvgIpc) is 2.86. The van der Waals surface area contributed by atoms with Crippen LogP contribution in [0.1, 0.15) is 40.5 Å². The second kappa shape index (κ2) is 8.83. The number of halogens is 1. The molecule has 0 amide bonds. The Morgan fingerprint density at radius 1 is 1.11 bits per heavy atom. The van der Waals surface area contributed by atoms with Crippen LogP contribution in [0.4, 0.5) is 4.39 Å². The van der Waals surface area contributed by atoms with Gasteiger partial charge in [0.2, 0.25) is 0 Å². The molecule has 18 heavy (non-hydrogen) atoms. The molecular formula is C14H30FNO2. The van der Waals surface area contributed by atoms with E-state index in [0.29, 0.717) is 19.6 Å². The maximum Gasteiger partial charge on any atom is 0.115 e. The molecule has 3 nitrogen and oxygen atoms in total. The molecule has 2 aliphatic heterocycles. The van der Waals surface area contributed by atoms with Crippen molar-refractivity contribution in [1.82, 2.24) is 4.90 Å². The lowest BCUT2D eigenvalue weighted by molar-refractivity contribution is 0.0623. The van der Waals surface area contributed by atoms with E-state index in [1.54, 1.807) is 14.2 Å². The quantitative estimate of drug-likeness (QED) is 0.781. The zero-order chi connectivity index (χ0) is 14.2. The summed E-state index contributed by atoms with van der Waals surface area (Å²) in [5, 5.41) is 0. The first-order valence-corrected chi connectivity index (χ1v) is 7.11. The summed E-state index contributed by atoms with van der Waals surface area (Å²) in [5.41, 5.74) is -0.0884. The Morgan fingerprint density at radius 2 is 1.72 bits per heavy atom. The van der Waals surface area contributed by atoms with Gasteiger partial charge in [0, 0.05) is 39.3 Å². The molecule has 3 atom stereocenters. The Bertz CT molecular complexity index is 216. The minimum atomic E-state index is -0.692. The lowest BCUT2D eigenvalue weighted by Gasteiger charge is -2.30. The van der Waals surface area contributed by atoms with Crippen LogP contribution < -0.4 is 0 Å². The highest BCUT2D eigenvalue weighted by atomic mass is 19.1. The van der Waals surface area contributed by atoms with Gasteiger partial charge < -0.3 is 9.47 Å². The van der Waals surface area contributed by atoms with Crippen LogP contribution in [0.3, 0.4) is 0 Å². The van der Waals surface area contributed by atoms with Crippen LogP contribution in [-0.2, 0) is 9.47 Å². The molecule has 0 aliphatic carbocycles. The third-order valence-electron chi connectivity index (χ3n) is 3.47. The van der Waals surface area contributed by atoms with E-state index < -0.39 is 6.17 Å². The molecule has 0 N–H and O–H groups in total. The number of alkyl halides is 1. The Hall–Kier alpha value is -0.190. The summed E-state index contributed by atoms with van der Waals surface area (Å²) in [7, 11) is 3.40. The summed E-state index contributed by atoms with van der Waals surface area (Å²) >= 11 is 0. The van der Waals surface area contributed by atoms with E-state index in [4.69, 9.17) is 9.47 Å². The number of nitrogens with zero attached hydrogens (tertiary/aromatic N) is 1. The molecule has 0 spiro atoms. The van der Waals surface area contributed by atoms with E-state index >= 15 is 0 Å². The highest BCUT2D eigenvalue weighted by Crippen LogP contribution is 2.40. The SMILES string of the molecule is CC.CC.COCC12CC(F)CN1CC(OC)C2. The number of fused-ring (bicyclic) bond motifs is 1. The topological polar surface area (TPSA) is 21.7 Å². The van der Waals surface area contributed by atoms with Crippen molar-refractivity contribution in [3.63, 3.8) is 0 Å². The predicted octanol–water partition coefficient (Wildman–Crippen LogP) is 2.89. The minimum Gasteiger partial charge on any atom is -0.383 e. The molecule has 2 aliphatic rings. The lowest BCUT2D eigenvalue weighted by Crippen LogP contribution is -2.42. The maximum atomic E-state index is 13.3. The van der Waals surface area contributed by atoms with Gasteiger partial charge >= 0.3 is 0 Å². The normalized spacial score (nSPS) is 34.2. The first-order chi connectivity index (χ1) is 8.70. The van der Waals surface area contributed by atoms with E-state index in [0.717, 1.165) is 13.0 Å². The molecule has 2 heterocycles. The molecule has 0 aromatic heterocycles. The van der Waals surface area contributed by atoms with Crippen molar-refractivity contribution in [3.05, 3.63) is 0 Å². The highest BCUT2D eigenvalue weighted by Gasteiger charge is 2.52. The number of hydrogen-bond acceptors (Lipinski definition) is 3. The standard InChI is InChI=1S/C10H18FNO2.2C2H6/c1-13-7-10-3-8(11)5-12(10)6-9(4-10)14-2;2*1-2/h8-9H,3-7H2,1-2H3;2*1-2H3. The van der Waals surface area contributed by atoms with E-state index in [1.165, 1.54) is 0 Å². The summed E-state index contributed by atoms with van der Waals surface area (Å²) in [6, 6.07) is 0. The zero-order valence-corrected chi connectivity index (χ0v) is 12.8. The van der Waals surface area contributed by atoms with Crippen LogP contribution in [-0.4, -0.2) is 56.6 Å². The van der Waals surface area contributed by atoms with E-state index in [9.17, 15) is 4.39 Å². The van der Waals surface area contributed by atoms with Crippen molar-refractivity contribution in [1.29, 1.82) is 0 Å². The van der Waals surface area contributed by atoms with Crippen LogP contribution in [0.5, 0.6) is 0 Å². The van der Waals surface area contributed by atoms with E-state index in [-0.39, 0.29) is 11.6 Å².